The number of esters is 1. The Kier molecular flexibility index (Phi) is 7.32. The van der Waals surface area contributed by atoms with Crippen LogP contribution in [-0.2, 0) is 35.0 Å². The van der Waals surface area contributed by atoms with E-state index in [0.717, 1.165) is 11.1 Å². The van der Waals surface area contributed by atoms with Crippen LogP contribution in [0.3, 0.4) is 0 Å². The van der Waals surface area contributed by atoms with Gasteiger partial charge in [-0.1, -0.05) is 60.7 Å². The maximum absolute atomic E-state index is 14.0. The van der Waals surface area contributed by atoms with Crippen molar-refractivity contribution in [3.05, 3.63) is 88.6 Å². The zero-order chi connectivity index (χ0) is 27.6. The second kappa shape index (κ2) is 11.2. The van der Waals surface area contributed by atoms with Crippen molar-refractivity contribution in [2.75, 3.05) is 6.61 Å². The van der Waals surface area contributed by atoms with Gasteiger partial charge in [-0.15, -0.1) is 16.9 Å². The number of H-pyrrole nitrogens is 1. The van der Waals surface area contributed by atoms with Crippen molar-refractivity contribution >= 4 is 29.5 Å². The van der Waals surface area contributed by atoms with Crippen molar-refractivity contribution in [3.63, 3.8) is 0 Å². The van der Waals surface area contributed by atoms with Gasteiger partial charge in [0.15, 0.2) is 24.3 Å². The summed E-state index contributed by atoms with van der Waals surface area (Å²) >= 11 is 1.32. The molecule has 0 saturated carbocycles. The normalized spacial score (nSPS) is 25.6. The largest absolute Gasteiger partial charge is 0.451 e. The molecular weight excluding hydrogens is 536 g/mol. The Morgan fingerprint density at radius 3 is 2.45 bits per heavy atom. The number of nitrogens with zero attached hydrogens (tertiary/aromatic N) is 4. The Morgan fingerprint density at radius 2 is 1.85 bits per heavy atom. The summed E-state index contributed by atoms with van der Waals surface area (Å²) in [5.74, 6) is -1.17. The van der Waals surface area contributed by atoms with E-state index in [0.29, 0.717) is 12.2 Å². The summed E-state index contributed by atoms with van der Waals surface area (Å²) < 4.78 is 17.9. The van der Waals surface area contributed by atoms with E-state index in [-0.39, 0.29) is 18.3 Å². The van der Waals surface area contributed by atoms with Crippen LogP contribution in [0.2, 0.25) is 0 Å². The predicted octanol–water partition coefficient (Wildman–Crippen LogP) is 1.49. The predicted molar refractivity (Wildman–Crippen MR) is 141 cm³/mol. The number of carbonyl (C=O) groups excluding carboxylic acids is 3. The van der Waals surface area contributed by atoms with Gasteiger partial charge < -0.3 is 24.4 Å². The first kappa shape index (κ1) is 26.2. The number of rotatable bonds is 8. The van der Waals surface area contributed by atoms with Crippen molar-refractivity contribution in [3.8, 4) is 0 Å². The molecule has 0 aliphatic carbocycles. The molecular formula is C27H26N6O6S. The zero-order valence-corrected chi connectivity index (χ0v) is 22.2. The maximum atomic E-state index is 14.0. The minimum atomic E-state index is -1.09. The Hall–Kier alpha value is -4.07. The van der Waals surface area contributed by atoms with Gasteiger partial charge in [0.05, 0.1) is 19.1 Å². The number of benzene rings is 2. The lowest BCUT2D eigenvalue weighted by Gasteiger charge is -2.52. The van der Waals surface area contributed by atoms with E-state index in [1.54, 1.807) is 5.41 Å². The van der Waals surface area contributed by atoms with E-state index in [1.807, 2.05) is 67.6 Å². The molecule has 2 amide bonds. The van der Waals surface area contributed by atoms with Gasteiger partial charge in [0, 0.05) is 5.57 Å². The van der Waals surface area contributed by atoms with Gasteiger partial charge in [0.1, 0.15) is 11.4 Å². The van der Waals surface area contributed by atoms with Crippen molar-refractivity contribution in [1.82, 2.24) is 30.8 Å². The molecule has 12 nitrogen and oxygen atoms in total. The summed E-state index contributed by atoms with van der Waals surface area (Å²) in [7, 11) is 0. The van der Waals surface area contributed by atoms with Crippen LogP contribution in [0.25, 0.3) is 0 Å². The van der Waals surface area contributed by atoms with Crippen molar-refractivity contribution in [2.24, 2.45) is 0 Å². The molecule has 40 heavy (non-hydrogen) atoms. The van der Waals surface area contributed by atoms with Crippen LogP contribution in [0.4, 0.5) is 0 Å². The number of β-lactam (4-membered cyclic amide) rings is 1. The number of nitrogens with one attached hydrogen (secondary N) is 2. The van der Waals surface area contributed by atoms with Gasteiger partial charge in [-0.05, 0) is 33.9 Å². The number of hydrogen-bond donors (Lipinski definition) is 2. The van der Waals surface area contributed by atoms with Gasteiger partial charge in [-0.2, -0.15) is 0 Å². The topological polar surface area (TPSA) is 149 Å². The molecule has 2 saturated heterocycles. The van der Waals surface area contributed by atoms with Crippen LogP contribution in [0, 0.1) is 0 Å². The summed E-state index contributed by atoms with van der Waals surface area (Å²) in [6.07, 6.45) is -1.78. The molecule has 3 aromatic rings. The molecule has 0 radical (unpaired) electrons. The lowest BCUT2D eigenvalue weighted by Crippen LogP contribution is -2.74. The fourth-order valence-electron chi connectivity index (χ4n) is 4.93. The molecule has 1 aromatic heterocycles. The van der Waals surface area contributed by atoms with Crippen LogP contribution in [-0.4, -0.2) is 79.8 Å². The van der Waals surface area contributed by atoms with E-state index in [9.17, 15) is 14.4 Å². The number of hydrogen-bond acceptors (Lipinski definition) is 10. The number of aromatic amines is 1. The Labute approximate surface area is 233 Å². The first-order valence-electron chi connectivity index (χ1n) is 12.8. The van der Waals surface area contributed by atoms with Gasteiger partial charge in [0.25, 0.3) is 0 Å². The van der Waals surface area contributed by atoms with Gasteiger partial charge >= 0.3 is 5.97 Å². The molecule has 2 N–H and O–H groups in total. The van der Waals surface area contributed by atoms with Gasteiger partial charge in [-0.25, -0.2) is 9.89 Å². The van der Waals surface area contributed by atoms with Crippen LogP contribution in [0.15, 0.2) is 71.6 Å². The molecule has 2 aromatic carbocycles. The van der Waals surface area contributed by atoms with E-state index >= 15 is 0 Å². The van der Waals surface area contributed by atoms with Gasteiger partial charge in [-0.3, -0.25) is 9.59 Å². The highest BCUT2D eigenvalue weighted by molar-refractivity contribution is 8.03. The van der Waals surface area contributed by atoms with Crippen molar-refractivity contribution in [1.29, 1.82) is 0 Å². The first-order chi connectivity index (χ1) is 19.5. The average molecular weight is 563 g/mol. The maximum Gasteiger partial charge on any atom is 0.334 e. The third-order valence-electron chi connectivity index (χ3n) is 6.82. The highest BCUT2D eigenvalue weighted by atomic mass is 32.2. The highest BCUT2D eigenvalue weighted by Gasteiger charge is 2.58. The second-order valence-corrected chi connectivity index (χ2v) is 10.6. The number of ether oxygens (including phenoxy) is 3. The molecule has 3 aliphatic rings. The van der Waals surface area contributed by atoms with Crippen LogP contribution < -0.4 is 5.32 Å². The smallest absolute Gasteiger partial charge is 0.334 e. The SMILES string of the molecule is CC1COC(C2=CS[C@@H]3C(NC(=O)Cc4nnn[nH]4)C(=O)N3C2C(=O)OC(c2ccccc2)c2ccccc2)O1. The van der Waals surface area contributed by atoms with Crippen LogP contribution in [0.5, 0.6) is 0 Å². The molecule has 0 spiro atoms. The molecule has 2 fully saturated rings. The molecule has 4 unspecified atom stereocenters. The molecule has 0 bridgehead atoms. The fraction of sp³-hybridized carbons (Fsp3) is 0.333. The summed E-state index contributed by atoms with van der Waals surface area (Å²) in [5.41, 5.74) is 2.07. The number of aromatic nitrogens is 4. The minimum Gasteiger partial charge on any atom is -0.451 e. The molecule has 4 heterocycles. The average Bonchev–Trinajstić information content (AvgIpc) is 3.66. The highest BCUT2D eigenvalue weighted by Crippen LogP contribution is 2.43. The number of thioether (sulfide) groups is 1. The summed E-state index contributed by atoms with van der Waals surface area (Å²) in [6, 6.07) is 16.9. The Morgan fingerprint density at radius 1 is 1.15 bits per heavy atom. The van der Waals surface area contributed by atoms with Crippen molar-refractivity contribution in [2.45, 2.75) is 49.3 Å². The summed E-state index contributed by atoms with van der Waals surface area (Å²) in [4.78, 5) is 41.4. The third kappa shape index (κ3) is 5.10. The lowest BCUT2D eigenvalue weighted by molar-refractivity contribution is -0.167. The zero-order valence-electron chi connectivity index (χ0n) is 21.4. The van der Waals surface area contributed by atoms with Gasteiger partial charge in [0.2, 0.25) is 11.8 Å². The number of amides is 2. The van der Waals surface area contributed by atoms with E-state index in [1.165, 1.54) is 16.7 Å². The number of fused-ring (bicyclic) bond motifs is 1. The molecule has 3 aliphatic heterocycles. The number of carbonyl (C=O) groups is 3. The van der Waals surface area contributed by atoms with E-state index in [2.05, 4.69) is 25.9 Å². The second-order valence-electron chi connectivity index (χ2n) is 9.61. The summed E-state index contributed by atoms with van der Waals surface area (Å²) in [6.45, 7) is 2.23. The lowest BCUT2D eigenvalue weighted by atomic mass is 9.96. The van der Waals surface area contributed by atoms with Crippen LogP contribution in [0.1, 0.15) is 30.0 Å². The molecule has 206 valence electrons. The number of tetrazole rings is 1. The standard InChI is InChI=1S/C27H26N6O6S/c1-15-13-37-27(38-15)18-14-40-25-21(28-20(34)12-19-29-31-32-30-19)24(35)33(25)22(18)26(36)39-23(16-8-4-2-5-9-16)17-10-6-3-7-11-17/h2-11,14-15,21-23,25,27H,12-13H2,1H3,(H,28,34)(H,29,30,31,32)/t15?,21?,22?,25-,27?/m1/s1. The quantitative estimate of drug-likeness (QED) is 0.306. The Balaban J connectivity index is 1.26. The monoisotopic (exact) mass is 562 g/mol. The molecule has 6 rings (SSSR count). The first-order valence-corrected chi connectivity index (χ1v) is 13.7. The van der Waals surface area contributed by atoms with Crippen LogP contribution >= 0.6 is 11.8 Å². The minimum absolute atomic E-state index is 0.113. The molecule has 5 atom stereocenters. The summed E-state index contributed by atoms with van der Waals surface area (Å²) in [5, 5.41) is 17.1. The molecule has 13 heteroatoms. The third-order valence-corrected chi connectivity index (χ3v) is 8.01. The van der Waals surface area contributed by atoms with Crippen molar-refractivity contribution < 1.29 is 28.6 Å². The Bertz CT molecular complexity index is 1370. The van der Waals surface area contributed by atoms with E-state index < -0.39 is 47.6 Å². The van der Waals surface area contributed by atoms with E-state index in [4.69, 9.17) is 14.2 Å². The fourth-order valence-corrected chi connectivity index (χ4v) is 6.16.